The minimum atomic E-state index is -2.67. The molecule has 0 N–H and O–H groups in total. The van der Waals surface area contributed by atoms with Crippen LogP contribution in [0.15, 0.2) is 60.8 Å². The Kier molecular flexibility index (Phi) is 4.36. The van der Waals surface area contributed by atoms with Crippen molar-refractivity contribution >= 4 is 15.7 Å². The van der Waals surface area contributed by atoms with Gasteiger partial charge in [-0.3, -0.25) is 0 Å². The van der Waals surface area contributed by atoms with Crippen molar-refractivity contribution < 1.29 is 8.39 Å². The lowest BCUT2D eigenvalue weighted by atomic mass is 10.0. The van der Waals surface area contributed by atoms with Gasteiger partial charge in [0.05, 0.1) is 11.9 Å². The van der Waals surface area contributed by atoms with E-state index in [-0.39, 0.29) is 5.88 Å². The quantitative estimate of drug-likeness (QED) is 0.680. The number of aryl methyl sites for hydroxylation is 1. The number of benzene rings is 2. The Bertz CT molecular complexity index is 968. The second kappa shape index (κ2) is 6.45. The predicted molar refractivity (Wildman–Crippen MR) is 99.5 cm³/mol. The van der Waals surface area contributed by atoms with Gasteiger partial charge in [-0.05, 0) is 18.4 Å². The van der Waals surface area contributed by atoms with E-state index in [1.54, 1.807) is 0 Å². The van der Waals surface area contributed by atoms with Crippen molar-refractivity contribution in [3.05, 3.63) is 66.4 Å². The highest BCUT2D eigenvalue weighted by Crippen LogP contribution is 2.32. The molecule has 0 aliphatic rings. The Hall–Kier alpha value is -2.66. The Morgan fingerprint density at radius 2 is 1.67 bits per heavy atom. The molecule has 0 aliphatic heterocycles. The molecule has 5 heteroatoms. The zero-order valence-electron chi connectivity index (χ0n) is 13.6. The fourth-order valence-corrected chi connectivity index (χ4v) is 2.87. The molecule has 0 aliphatic carbocycles. The monoisotopic (exact) mass is 338 g/mol. The Labute approximate surface area is 142 Å². The van der Waals surface area contributed by atoms with Gasteiger partial charge in [0.15, 0.2) is 0 Å². The lowest BCUT2D eigenvalue weighted by molar-refractivity contribution is 0.546. The van der Waals surface area contributed by atoms with E-state index < -0.39 is 9.80 Å². The van der Waals surface area contributed by atoms with Crippen LogP contribution in [-0.4, -0.2) is 26.3 Å². The minimum absolute atomic E-state index is 0.204. The third-order valence-corrected chi connectivity index (χ3v) is 3.98. The molecule has 1 atom stereocenters. The average molecular weight is 338 g/mol. The molecule has 3 rings (SSSR count). The van der Waals surface area contributed by atoms with Crippen LogP contribution in [0.1, 0.15) is 5.56 Å². The van der Waals surface area contributed by atoms with Gasteiger partial charge in [0.1, 0.15) is 15.5 Å². The summed E-state index contributed by atoms with van der Waals surface area (Å²) in [4.78, 5) is 9.07. The molecule has 24 heavy (non-hydrogen) atoms. The molecule has 1 heterocycles. The minimum Gasteiger partial charge on any atom is -0.387 e. The zero-order chi connectivity index (χ0) is 17.2. The van der Waals surface area contributed by atoms with Crippen molar-refractivity contribution in [2.24, 2.45) is 0 Å². The smallest absolute Gasteiger partial charge is 0.249 e. The van der Waals surface area contributed by atoms with Gasteiger partial charge in [-0.2, -0.15) is 0 Å². The summed E-state index contributed by atoms with van der Waals surface area (Å²) in [5.41, 5.74) is 4.44. The molecule has 0 saturated carbocycles. The van der Waals surface area contributed by atoms with Gasteiger partial charge < -0.3 is 4.18 Å². The maximum atomic E-state index is 11.8. The van der Waals surface area contributed by atoms with Crippen LogP contribution in [0.5, 0.6) is 5.88 Å². The Morgan fingerprint density at radius 3 is 2.33 bits per heavy atom. The predicted octanol–water partition coefficient (Wildman–Crippen LogP) is 3.76. The maximum Gasteiger partial charge on any atom is 0.249 e. The van der Waals surface area contributed by atoms with Crippen molar-refractivity contribution in [2.75, 3.05) is 6.26 Å². The standard InChI is InChI=1S/C19H18N2O2S/c1-14-9-7-8-12-16(14)19-18(15-10-5-4-6-11-15)20-13-17(21-19)23-24(2,3)22/h4-13H,2H2,1,3H3. The first-order chi connectivity index (χ1) is 11.4. The summed E-state index contributed by atoms with van der Waals surface area (Å²) in [6.07, 6.45) is 2.91. The van der Waals surface area contributed by atoms with Gasteiger partial charge in [-0.1, -0.05) is 54.6 Å². The van der Waals surface area contributed by atoms with Crippen LogP contribution in [0.3, 0.4) is 0 Å². The first kappa shape index (κ1) is 16.2. The van der Waals surface area contributed by atoms with Crippen molar-refractivity contribution in [1.82, 2.24) is 9.97 Å². The van der Waals surface area contributed by atoms with Crippen LogP contribution in [0.2, 0.25) is 0 Å². The van der Waals surface area contributed by atoms with Crippen LogP contribution >= 0.6 is 0 Å². The number of hydrogen-bond acceptors (Lipinski definition) is 4. The molecule has 0 fully saturated rings. The topological polar surface area (TPSA) is 52.1 Å². The summed E-state index contributed by atoms with van der Waals surface area (Å²) in [5, 5.41) is 0. The van der Waals surface area contributed by atoms with Gasteiger partial charge in [0, 0.05) is 17.4 Å². The summed E-state index contributed by atoms with van der Waals surface area (Å²) in [6.45, 7) is 2.02. The van der Waals surface area contributed by atoms with E-state index in [9.17, 15) is 4.21 Å². The SMILES string of the molecule is C=S(C)(=O)Oc1cnc(-c2ccccc2)c(-c2ccccc2C)n1. The van der Waals surface area contributed by atoms with Crippen molar-refractivity contribution in [2.45, 2.75) is 6.92 Å². The molecule has 0 bridgehead atoms. The first-order valence-electron chi connectivity index (χ1n) is 7.44. The Morgan fingerprint density at radius 1 is 1.00 bits per heavy atom. The van der Waals surface area contributed by atoms with Crippen LogP contribution < -0.4 is 4.18 Å². The summed E-state index contributed by atoms with van der Waals surface area (Å²) in [6, 6.07) is 17.8. The van der Waals surface area contributed by atoms with Crippen LogP contribution in [0.25, 0.3) is 22.5 Å². The second-order valence-corrected chi connectivity index (χ2v) is 7.61. The second-order valence-electron chi connectivity index (χ2n) is 5.60. The average Bonchev–Trinajstić information content (AvgIpc) is 2.54. The normalized spacial score (nSPS) is 13.2. The largest absolute Gasteiger partial charge is 0.387 e. The van der Waals surface area contributed by atoms with E-state index in [1.165, 1.54) is 12.5 Å². The van der Waals surface area contributed by atoms with Crippen molar-refractivity contribution in [1.29, 1.82) is 0 Å². The van der Waals surface area contributed by atoms with Gasteiger partial charge in [-0.15, -0.1) is 0 Å². The van der Waals surface area contributed by atoms with E-state index in [0.29, 0.717) is 5.69 Å². The first-order valence-corrected chi connectivity index (χ1v) is 9.50. The third kappa shape index (κ3) is 3.63. The van der Waals surface area contributed by atoms with Crippen molar-refractivity contribution in [3.63, 3.8) is 0 Å². The molecular formula is C19H18N2O2S. The fraction of sp³-hybridized carbons (Fsp3) is 0.105. The maximum absolute atomic E-state index is 11.8. The van der Waals surface area contributed by atoms with E-state index in [1.807, 2.05) is 61.5 Å². The molecule has 122 valence electrons. The van der Waals surface area contributed by atoms with Crippen LogP contribution in [-0.2, 0) is 9.80 Å². The van der Waals surface area contributed by atoms with E-state index in [2.05, 4.69) is 15.8 Å². The van der Waals surface area contributed by atoms with Gasteiger partial charge in [0.2, 0.25) is 5.88 Å². The lowest BCUT2D eigenvalue weighted by Gasteiger charge is -2.13. The van der Waals surface area contributed by atoms with Gasteiger partial charge in [0.25, 0.3) is 0 Å². The highest BCUT2D eigenvalue weighted by molar-refractivity contribution is 7.95. The lowest BCUT2D eigenvalue weighted by Crippen LogP contribution is -2.08. The number of rotatable bonds is 4. The summed E-state index contributed by atoms with van der Waals surface area (Å²) in [7, 11) is -2.67. The molecule has 0 spiro atoms. The molecule has 0 saturated heterocycles. The zero-order valence-corrected chi connectivity index (χ0v) is 14.4. The van der Waals surface area contributed by atoms with Gasteiger partial charge >= 0.3 is 0 Å². The third-order valence-electron chi connectivity index (χ3n) is 3.46. The van der Waals surface area contributed by atoms with E-state index in [0.717, 1.165) is 22.4 Å². The molecule has 1 aromatic heterocycles. The molecule has 4 nitrogen and oxygen atoms in total. The molecule has 2 aromatic carbocycles. The van der Waals surface area contributed by atoms with Crippen molar-refractivity contribution in [3.8, 4) is 28.4 Å². The fourth-order valence-electron chi connectivity index (χ4n) is 2.43. The summed E-state index contributed by atoms with van der Waals surface area (Å²) < 4.78 is 17.2. The number of aromatic nitrogens is 2. The summed E-state index contributed by atoms with van der Waals surface area (Å²) >= 11 is 0. The Balaban J connectivity index is 2.21. The van der Waals surface area contributed by atoms with E-state index >= 15 is 0 Å². The molecule has 0 radical (unpaired) electrons. The molecule has 3 aromatic rings. The van der Waals surface area contributed by atoms with Crippen LogP contribution in [0, 0.1) is 6.92 Å². The molecular weight excluding hydrogens is 320 g/mol. The number of nitrogens with zero attached hydrogens (tertiary/aromatic N) is 2. The van der Waals surface area contributed by atoms with E-state index in [4.69, 9.17) is 4.18 Å². The summed E-state index contributed by atoms with van der Waals surface area (Å²) in [5.74, 6) is 3.71. The number of hydrogen-bond donors (Lipinski definition) is 0. The highest BCUT2D eigenvalue weighted by atomic mass is 32.2. The highest BCUT2D eigenvalue weighted by Gasteiger charge is 2.15. The molecule has 1 unspecified atom stereocenters. The molecule has 0 amide bonds. The van der Waals surface area contributed by atoms with Crippen LogP contribution in [0.4, 0.5) is 0 Å². The van der Waals surface area contributed by atoms with Gasteiger partial charge in [-0.25, -0.2) is 14.2 Å².